The number of hydrogen-bond donors (Lipinski definition) is 2. The van der Waals surface area contributed by atoms with Gasteiger partial charge in [-0.25, -0.2) is 9.97 Å². The molecule has 1 heterocycles. The smallest absolute Gasteiger partial charge is 0.308 e. The van der Waals surface area contributed by atoms with E-state index in [-0.39, 0.29) is 12.0 Å². The molecule has 3 rings (SSSR count). The highest BCUT2D eigenvalue weighted by atomic mass is 16.4. The van der Waals surface area contributed by atoms with E-state index >= 15 is 0 Å². The van der Waals surface area contributed by atoms with E-state index in [1.807, 2.05) is 24.3 Å². The first kappa shape index (κ1) is 11.9. The highest BCUT2D eigenvalue weighted by molar-refractivity contribution is 5.89. The minimum absolute atomic E-state index is 0.0455. The molecule has 0 amide bonds. The second kappa shape index (κ2) is 4.84. The predicted molar refractivity (Wildman–Crippen MR) is 71.9 cm³/mol. The third-order valence-corrected chi connectivity index (χ3v) is 3.70. The fourth-order valence-electron chi connectivity index (χ4n) is 2.72. The summed E-state index contributed by atoms with van der Waals surface area (Å²) in [7, 11) is 0. The molecule has 5 nitrogen and oxygen atoms in total. The molecular formula is C14H15N3O2. The highest BCUT2D eigenvalue weighted by Crippen LogP contribution is 2.30. The molecule has 0 aliphatic heterocycles. The Hall–Kier alpha value is -2.17. The van der Waals surface area contributed by atoms with E-state index in [9.17, 15) is 9.90 Å². The maximum atomic E-state index is 11.2. The standard InChI is InChI=1S/C14H15N3O2/c18-14(19)10-5-3-7-12(10)17-13-9-4-1-2-6-11(9)15-8-16-13/h1-2,4,6,8,10,12H,3,5,7H2,(H,18,19)(H,15,16,17). The van der Waals surface area contributed by atoms with Crippen molar-refractivity contribution in [3.63, 3.8) is 0 Å². The number of carboxylic acid groups (broad SMARTS) is 1. The number of benzene rings is 1. The summed E-state index contributed by atoms with van der Waals surface area (Å²) in [6.45, 7) is 0. The van der Waals surface area contributed by atoms with Crippen molar-refractivity contribution in [2.45, 2.75) is 25.3 Å². The number of nitrogens with one attached hydrogen (secondary N) is 1. The summed E-state index contributed by atoms with van der Waals surface area (Å²) in [6.07, 6.45) is 4.05. The van der Waals surface area contributed by atoms with Gasteiger partial charge in [-0.2, -0.15) is 0 Å². The molecule has 2 unspecified atom stereocenters. The molecule has 0 saturated heterocycles. The Kier molecular flexibility index (Phi) is 3.03. The number of carboxylic acids is 1. The van der Waals surface area contributed by atoms with Gasteiger partial charge in [0.2, 0.25) is 0 Å². The summed E-state index contributed by atoms with van der Waals surface area (Å²) in [5, 5.41) is 13.4. The molecule has 1 aromatic heterocycles. The summed E-state index contributed by atoms with van der Waals surface area (Å²) in [5.41, 5.74) is 0.866. The molecule has 1 aliphatic carbocycles. The molecule has 2 aromatic rings. The SMILES string of the molecule is O=C(O)C1CCCC1Nc1ncnc2ccccc12. The Bertz CT molecular complexity index is 609. The second-order valence-electron chi connectivity index (χ2n) is 4.87. The maximum Gasteiger partial charge on any atom is 0.308 e. The lowest BCUT2D eigenvalue weighted by atomic mass is 10.0. The first-order valence-electron chi connectivity index (χ1n) is 6.45. The zero-order valence-electron chi connectivity index (χ0n) is 10.4. The van der Waals surface area contributed by atoms with Gasteiger partial charge in [0.15, 0.2) is 0 Å². The van der Waals surface area contributed by atoms with Crippen LogP contribution in [0.15, 0.2) is 30.6 Å². The van der Waals surface area contributed by atoms with Crippen LogP contribution in [0.4, 0.5) is 5.82 Å². The lowest BCUT2D eigenvalue weighted by Crippen LogP contribution is -2.30. The lowest BCUT2D eigenvalue weighted by molar-refractivity contribution is -0.141. The van der Waals surface area contributed by atoms with Gasteiger partial charge >= 0.3 is 5.97 Å². The van der Waals surface area contributed by atoms with Crippen LogP contribution in [0.2, 0.25) is 0 Å². The third kappa shape index (κ3) is 2.23. The van der Waals surface area contributed by atoms with Crippen LogP contribution < -0.4 is 5.32 Å². The van der Waals surface area contributed by atoms with Crippen LogP contribution in [0.3, 0.4) is 0 Å². The minimum atomic E-state index is -0.728. The van der Waals surface area contributed by atoms with Crippen molar-refractivity contribution < 1.29 is 9.90 Å². The molecule has 1 fully saturated rings. The Labute approximate surface area is 110 Å². The monoisotopic (exact) mass is 257 g/mol. The van der Waals surface area contributed by atoms with Crippen LogP contribution >= 0.6 is 0 Å². The fourth-order valence-corrected chi connectivity index (χ4v) is 2.72. The van der Waals surface area contributed by atoms with Gasteiger partial charge in [-0.3, -0.25) is 4.79 Å². The molecule has 0 spiro atoms. The van der Waals surface area contributed by atoms with Crippen LogP contribution in [0.25, 0.3) is 10.9 Å². The number of rotatable bonds is 3. The Balaban J connectivity index is 1.91. The zero-order chi connectivity index (χ0) is 13.2. The molecule has 1 aliphatic rings. The van der Waals surface area contributed by atoms with Gasteiger partial charge in [-0.05, 0) is 25.0 Å². The Morgan fingerprint density at radius 1 is 1.26 bits per heavy atom. The topological polar surface area (TPSA) is 75.1 Å². The number of nitrogens with zero attached hydrogens (tertiary/aromatic N) is 2. The molecule has 1 saturated carbocycles. The van der Waals surface area contributed by atoms with Crippen molar-refractivity contribution in [3.05, 3.63) is 30.6 Å². The minimum Gasteiger partial charge on any atom is -0.481 e. The van der Waals surface area contributed by atoms with Gasteiger partial charge in [0.05, 0.1) is 11.4 Å². The van der Waals surface area contributed by atoms with E-state index in [2.05, 4.69) is 15.3 Å². The number of aromatic nitrogens is 2. The molecule has 19 heavy (non-hydrogen) atoms. The van der Waals surface area contributed by atoms with Crippen molar-refractivity contribution >= 4 is 22.7 Å². The number of carbonyl (C=O) groups is 1. The van der Waals surface area contributed by atoms with Crippen LogP contribution in [0, 0.1) is 5.92 Å². The molecule has 0 radical (unpaired) electrons. The van der Waals surface area contributed by atoms with Crippen molar-refractivity contribution in [1.82, 2.24) is 9.97 Å². The second-order valence-corrected chi connectivity index (χ2v) is 4.87. The quantitative estimate of drug-likeness (QED) is 0.882. The molecule has 1 aromatic carbocycles. The summed E-state index contributed by atoms with van der Waals surface area (Å²) >= 11 is 0. The average Bonchev–Trinajstić information content (AvgIpc) is 2.87. The van der Waals surface area contributed by atoms with Crippen LogP contribution in [0.5, 0.6) is 0 Å². The van der Waals surface area contributed by atoms with Gasteiger partial charge < -0.3 is 10.4 Å². The van der Waals surface area contributed by atoms with Crippen molar-refractivity contribution in [2.75, 3.05) is 5.32 Å². The predicted octanol–water partition coefficient (Wildman–Crippen LogP) is 2.29. The van der Waals surface area contributed by atoms with Gasteiger partial charge in [0.1, 0.15) is 12.1 Å². The number of hydrogen-bond acceptors (Lipinski definition) is 4. The van der Waals surface area contributed by atoms with Crippen LogP contribution in [-0.2, 0) is 4.79 Å². The Morgan fingerprint density at radius 2 is 2.11 bits per heavy atom. The van der Waals surface area contributed by atoms with Crippen molar-refractivity contribution in [1.29, 1.82) is 0 Å². The van der Waals surface area contributed by atoms with E-state index in [0.717, 1.165) is 36.0 Å². The van der Waals surface area contributed by atoms with Gasteiger partial charge in [0, 0.05) is 11.4 Å². The Morgan fingerprint density at radius 3 is 2.95 bits per heavy atom. The van der Waals surface area contributed by atoms with E-state index in [1.54, 1.807) is 0 Å². The maximum absolute atomic E-state index is 11.2. The molecule has 2 N–H and O–H groups in total. The molecule has 2 atom stereocenters. The summed E-state index contributed by atoms with van der Waals surface area (Å²) in [6, 6.07) is 7.68. The van der Waals surface area contributed by atoms with Crippen LogP contribution in [0.1, 0.15) is 19.3 Å². The van der Waals surface area contributed by atoms with Crippen molar-refractivity contribution in [2.24, 2.45) is 5.92 Å². The van der Waals surface area contributed by atoms with Crippen LogP contribution in [-0.4, -0.2) is 27.1 Å². The molecule has 0 bridgehead atoms. The van der Waals surface area contributed by atoms with Crippen molar-refractivity contribution in [3.8, 4) is 0 Å². The summed E-state index contributed by atoms with van der Waals surface area (Å²) in [4.78, 5) is 19.6. The van der Waals surface area contributed by atoms with E-state index in [1.165, 1.54) is 6.33 Å². The number of anilines is 1. The van der Waals surface area contributed by atoms with E-state index in [0.29, 0.717) is 0 Å². The normalized spacial score (nSPS) is 22.5. The molecule has 5 heteroatoms. The van der Waals surface area contributed by atoms with E-state index in [4.69, 9.17) is 0 Å². The summed E-state index contributed by atoms with van der Waals surface area (Å²) < 4.78 is 0. The van der Waals surface area contributed by atoms with Gasteiger partial charge in [0.25, 0.3) is 0 Å². The van der Waals surface area contributed by atoms with Gasteiger partial charge in [-0.15, -0.1) is 0 Å². The third-order valence-electron chi connectivity index (χ3n) is 3.70. The number of fused-ring (bicyclic) bond motifs is 1. The fraction of sp³-hybridized carbons (Fsp3) is 0.357. The summed E-state index contributed by atoms with van der Waals surface area (Å²) in [5.74, 6) is -0.328. The first-order chi connectivity index (χ1) is 9.25. The zero-order valence-corrected chi connectivity index (χ0v) is 10.4. The average molecular weight is 257 g/mol. The highest BCUT2D eigenvalue weighted by Gasteiger charge is 2.33. The molecule has 98 valence electrons. The largest absolute Gasteiger partial charge is 0.481 e. The number of para-hydroxylation sites is 1. The van der Waals surface area contributed by atoms with Gasteiger partial charge in [-0.1, -0.05) is 18.6 Å². The molecular weight excluding hydrogens is 242 g/mol. The first-order valence-corrected chi connectivity index (χ1v) is 6.45. The number of aliphatic carboxylic acids is 1. The van der Waals surface area contributed by atoms with E-state index < -0.39 is 5.97 Å². The lowest BCUT2D eigenvalue weighted by Gasteiger charge is -2.18.